The molecule has 1 rings (SSSR count). The van der Waals surface area contributed by atoms with E-state index in [2.05, 4.69) is 15.9 Å². The Morgan fingerprint density at radius 2 is 1.71 bits per heavy atom. The van der Waals surface area contributed by atoms with Crippen LogP contribution in [0.15, 0.2) is 34.8 Å². The first-order valence-electron chi connectivity index (χ1n) is 2.10. The first-order chi connectivity index (χ1) is 3.39. The maximum atomic E-state index is 3.31. The zero-order valence-electron chi connectivity index (χ0n) is 4.76. The molecule has 0 N–H and O–H groups in total. The van der Waals surface area contributed by atoms with E-state index in [0.717, 1.165) is 4.47 Å². The van der Waals surface area contributed by atoms with E-state index in [1.807, 2.05) is 30.3 Å². The van der Waals surface area contributed by atoms with Gasteiger partial charge in [-0.25, -0.2) is 0 Å². The minimum Gasteiger partial charge on any atom is -0.0622 e. The fourth-order valence-electron chi connectivity index (χ4n) is 0.415. The highest BCUT2D eigenvalue weighted by Crippen LogP contribution is 2.05. The molecule has 1 aromatic carbocycles. The maximum absolute atomic E-state index is 3.31. The Kier molecular flexibility index (Phi) is 1.47. The molecule has 0 atom stereocenters. The van der Waals surface area contributed by atoms with Gasteiger partial charge in [0.15, 0.2) is 0 Å². The van der Waals surface area contributed by atoms with Crippen molar-refractivity contribution in [2.24, 2.45) is 0 Å². The van der Waals surface area contributed by atoms with Crippen LogP contribution in [0.3, 0.4) is 0 Å². The molecule has 0 heterocycles. The fourth-order valence-corrected chi connectivity index (χ4v) is 0.720. The summed E-state index contributed by atoms with van der Waals surface area (Å²) in [5.74, 6) is 0. The molecule has 0 unspecified atom stereocenters. The SMILES string of the molecule is Brc1ccccc1.[2H]. The van der Waals surface area contributed by atoms with E-state index < -0.39 is 0 Å². The van der Waals surface area contributed by atoms with Gasteiger partial charge in [0, 0.05) is 5.90 Å². The Bertz CT molecular complexity index is 138. The zero-order chi connectivity index (χ0) is 5.11. The van der Waals surface area contributed by atoms with Crippen molar-refractivity contribution in [1.82, 2.24) is 0 Å². The maximum Gasteiger partial charge on any atom is 0.0175 e. The molecule has 0 amide bonds. The minimum absolute atomic E-state index is 0. The normalized spacial score (nSPS) is 8.71. The van der Waals surface area contributed by atoms with Crippen LogP contribution in [0.1, 0.15) is 1.43 Å². The van der Waals surface area contributed by atoms with E-state index in [1.54, 1.807) is 0 Å². The van der Waals surface area contributed by atoms with Gasteiger partial charge in [-0.15, -0.1) is 0 Å². The van der Waals surface area contributed by atoms with Crippen LogP contribution in [0.4, 0.5) is 0 Å². The molecule has 0 saturated heterocycles. The number of hydrogen-bond acceptors (Lipinski definition) is 0. The average molecular weight is 159 g/mol. The Morgan fingerprint density at radius 3 is 2.00 bits per heavy atom. The van der Waals surface area contributed by atoms with Crippen LogP contribution in [0.25, 0.3) is 0 Å². The van der Waals surface area contributed by atoms with Crippen LogP contribution in [0.5, 0.6) is 0 Å². The van der Waals surface area contributed by atoms with Gasteiger partial charge < -0.3 is 0 Å². The molecule has 1 aromatic rings. The molecule has 0 aliphatic rings. The Hall–Kier alpha value is -0.300. The summed E-state index contributed by atoms with van der Waals surface area (Å²) in [5.41, 5.74) is 0. The molecule has 0 bridgehead atoms. The van der Waals surface area contributed by atoms with E-state index in [9.17, 15) is 0 Å². The van der Waals surface area contributed by atoms with E-state index in [0.29, 0.717) is 0 Å². The van der Waals surface area contributed by atoms with Crippen molar-refractivity contribution < 1.29 is 1.43 Å². The summed E-state index contributed by atoms with van der Waals surface area (Å²) in [4.78, 5) is 0. The van der Waals surface area contributed by atoms with Gasteiger partial charge in [0.25, 0.3) is 0 Å². The van der Waals surface area contributed by atoms with E-state index in [-0.39, 0.29) is 1.43 Å². The molecular formula is C6H6Br. The summed E-state index contributed by atoms with van der Waals surface area (Å²) >= 11 is 3.31. The van der Waals surface area contributed by atoms with Crippen molar-refractivity contribution in [2.45, 2.75) is 0 Å². The zero-order valence-corrected chi connectivity index (χ0v) is 5.35. The fraction of sp³-hybridized carbons (Fsp3) is 0. The quantitative estimate of drug-likeness (QED) is 0.545. The lowest BCUT2D eigenvalue weighted by atomic mass is 10.4. The van der Waals surface area contributed by atoms with Crippen molar-refractivity contribution in [3.63, 3.8) is 0 Å². The van der Waals surface area contributed by atoms with Gasteiger partial charge in [-0.2, -0.15) is 0 Å². The van der Waals surface area contributed by atoms with Crippen LogP contribution < -0.4 is 0 Å². The first-order valence-corrected chi connectivity index (χ1v) is 2.89. The Balaban J connectivity index is 0.000000490. The lowest BCUT2D eigenvalue weighted by Crippen LogP contribution is -1.55. The second-order valence-corrected chi connectivity index (χ2v) is 2.21. The summed E-state index contributed by atoms with van der Waals surface area (Å²) in [6.07, 6.45) is 0. The number of hydrogen-bond donors (Lipinski definition) is 0. The van der Waals surface area contributed by atoms with Crippen molar-refractivity contribution in [3.8, 4) is 0 Å². The van der Waals surface area contributed by atoms with Gasteiger partial charge in [0.05, 0.1) is 0 Å². The Labute approximate surface area is 52.8 Å². The summed E-state index contributed by atoms with van der Waals surface area (Å²) in [6.45, 7) is 0. The lowest BCUT2D eigenvalue weighted by Gasteiger charge is -1.80. The number of benzene rings is 1. The number of halogens is 1. The second-order valence-electron chi connectivity index (χ2n) is 1.30. The molecule has 0 nitrogen and oxygen atoms in total. The predicted octanol–water partition coefficient (Wildman–Crippen LogP) is 2.56. The van der Waals surface area contributed by atoms with Gasteiger partial charge >= 0.3 is 0 Å². The van der Waals surface area contributed by atoms with Gasteiger partial charge in [-0.05, 0) is 12.1 Å². The monoisotopic (exact) mass is 158 g/mol. The molecule has 37 valence electrons. The summed E-state index contributed by atoms with van der Waals surface area (Å²) < 4.78 is 1.13. The molecule has 0 spiro atoms. The smallest absolute Gasteiger partial charge is 0.0175 e. The topological polar surface area (TPSA) is 0 Å². The molecule has 0 saturated carbocycles. The molecule has 0 aliphatic heterocycles. The van der Waals surface area contributed by atoms with Crippen LogP contribution in [-0.2, 0) is 0 Å². The molecule has 1 radical (unpaired) electrons. The standard InChI is InChI=1S/C6H5Br.H/c7-6-4-2-1-3-5-6;/h1-5H;/i;1+1. The third-order valence-corrected chi connectivity index (χ3v) is 1.26. The molecule has 0 aromatic heterocycles. The van der Waals surface area contributed by atoms with Gasteiger partial charge in [-0.3, -0.25) is 0 Å². The van der Waals surface area contributed by atoms with Gasteiger partial charge in [0.2, 0.25) is 0 Å². The Morgan fingerprint density at radius 1 is 1.14 bits per heavy atom. The van der Waals surface area contributed by atoms with Gasteiger partial charge in [-0.1, -0.05) is 34.1 Å². The third kappa shape index (κ3) is 1.32. The van der Waals surface area contributed by atoms with E-state index >= 15 is 0 Å². The second kappa shape index (κ2) is 2.12. The van der Waals surface area contributed by atoms with E-state index in [1.165, 1.54) is 0 Å². The molecule has 7 heavy (non-hydrogen) atoms. The van der Waals surface area contributed by atoms with Gasteiger partial charge in [0.1, 0.15) is 0 Å². The summed E-state index contributed by atoms with van der Waals surface area (Å²) in [6, 6.07) is 9.97. The minimum atomic E-state index is 0. The first kappa shape index (κ1) is 4.85. The summed E-state index contributed by atoms with van der Waals surface area (Å²) in [5, 5.41) is 0. The molecular weight excluding hydrogens is 152 g/mol. The largest absolute Gasteiger partial charge is 0.0622 e. The summed E-state index contributed by atoms with van der Waals surface area (Å²) in [7, 11) is 0. The van der Waals surface area contributed by atoms with Crippen molar-refractivity contribution in [1.29, 1.82) is 0 Å². The van der Waals surface area contributed by atoms with Crippen LogP contribution in [0, 0.1) is 0 Å². The highest BCUT2D eigenvalue weighted by atomic mass is 79.9. The van der Waals surface area contributed by atoms with E-state index in [4.69, 9.17) is 0 Å². The highest BCUT2D eigenvalue weighted by Gasteiger charge is 1.74. The predicted molar refractivity (Wildman–Crippen MR) is 35.3 cm³/mol. The number of rotatable bonds is 0. The lowest BCUT2D eigenvalue weighted by molar-refractivity contribution is 1.66. The molecule has 0 aliphatic carbocycles. The average Bonchev–Trinajstić information content (AvgIpc) is 1.69. The van der Waals surface area contributed by atoms with Crippen molar-refractivity contribution in [2.75, 3.05) is 0 Å². The molecule has 0 fully saturated rings. The van der Waals surface area contributed by atoms with Crippen LogP contribution >= 0.6 is 15.9 Å². The third-order valence-electron chi connectivity index (χ3n) is 0.733. The van der Waals surface area contributed by atoms with Crippen molar-refractivity contribution >= 4 is 15.9 Å². The van der Waals surface area contributed by atoms with Crippen molar-refractivity contribution in [3.05, 3.63) is 34.8 Å². The highest BCUT2D eigenvalue weighted by molar-refractivity contribution is 9.10. The van der Waals surface area contributed by atoms with Crippen LogP contribution in [-0.4, -0.2) is 0 Å². The van der Waals surface area contributed by atoms with Crippen LogP contribution in [0.2, 0.25) is 0 Å². The molecule has 1 heteroatoms.